The molecule has 0 bridgehead atoms. The zero-order valence-corrected chi connectivity index (χ0v) is 10.9. The lowest BCUT2D eigenvalue weighted by Gasteiger charge is -2.10. The second kappa shape index (κ2) is 5.02. The van der Waals surface area contributed by atoms with E-state index < -0.39 is 0 Å². The minimum absolute atomic E-state index is 0.0608. The molecule has 98 valence electrons. The molecule has 1 aliphatic rings. The lowest BCUT2D eigenvalue weighted by molar-refractivity contribution is 0.673. The van der Waals surface area contributed by atoms with Gasteiger partial charge in [-0.1, -0.05) is 24.8 Å². The van der Waals surface area contributed by atoms with Gasteiger partial charge in [0.1, 0.15) is 0 Å². The third-order valence-corrected chi connectivity index (χ3v) is 3.50. The van der Waals surface area contributed by atoms with E-state index in [4.69, 9.17) is 0 Å². The first kappa shape index (κ1) is 12.2. The van der Waals surface area contributed by atoms with Gasteiger partial charge in [-0.05, 0) is 35.9 Å². The first-order chi connectivity index (χ1) is 9.24. The van der Waals surface area contributed by atoms with Gasteiger partial charge in [0, 0.05) is 30.7 Å². The van der Waals surface area contributed by atoms with Crippen LogP contribution in [0.1, 0.15) is 12.8 Å². The van der Waals surface area contributed by atoms with Gasteiger partial charge in [-0.2, -0.15) is 0 Å². The second-order valence-electron chi connectivity index (χ2n) is 5.24. The summed E-state index contributed by atoms with van der Waals surface area (Å²) in [4.78, 5) is 12.3. The van der Waals surface area contributed by atoms with Crippen molar-refractivity contribution in [3.8, 4) is 0 Å². The van der Waals surface area contributed by atoms with Crippen molar-refractivity contribution in [2.24, 2.45) is 0 Å². The van der Waals surface area contributed by atoms with Gasteiger partial charge in [0.15, 0.2) is 0 Å². The van der Waals surface area contributed by atoms with E-state index in [-0.39, 0.29) is 5.56 Å². The highest BCUT2D eigenvalue weighted by molar-refractivity contribution is 5.81. The normalized spacial score (nSPS) is 14.7. The molecule has 0 spiro atoms. The Morgan fingerprint density at radius 3 is 2.89 bits per heavy atom. The number of fused-ring (bicyclic) bond motifs is 1. The van der Waals surface area contributed by atoms with Crippen LogP contribution in [0.25, 0.3) is 10.8 Å². The zero-order chi connectivity index (χ0) is 13.2. The Hall–Kier alpha value is -1.87. The highest BCUT2D eigenvalue weighted by Crippen LogP contribution is 2.18. The van der Waals surface area contributed by atoms with Crippen molar-refractivity contribution >= 4 is 10.8 Å². The Kier molecular flexibility index (Phi) is 3.22. The summed E-state index contributed by atoms with van der Waals surface area (Å²) >= 11 is 0. The van der Waals surface area contributed by atoms with Crippen LogP contribution in [0.4, 0.5) is 0 Å². The standard InChI is InChI=1S/C16H18N2O/c1-12(10-17-14-6-7-14)11-18-9-8-13-4-2-3-5-15(13)16(18)19/h2-5,8-9,14,17H,1,6-7,10-11H2. The SMILES string of the molecule is C=C(CNC1CC1)Cn1ccc2ccccc2c1=O. The van der Waals surface area contributed by atoms with Gasteiger partial charge in [0.2, 0.25) is 0 Å². The van der Waals surface area contributed by atoms with Gasteiger partial charge in [0.05, 0.1) is 0 Å². The molecule has 1 N–H and O–H groups in total. The summed E-state index contributed by atoms with van der Waals surface area (Å²) in [7, 11) is 0. The maximum atomic E-state index is 12.3. The van der Waals surface area contributed by atoms with E-state index in [1.165, 1.54) is 12.8 Å². The van der Waals surface area contributed by atoms with Crippen LogP contribution in [-0.2, 0) is 6.54 Å². The Labute approximate surface area is 112 Å². The predicted octanol–water partition coefficient (Wildman–Crippen LogP) is 2.31. The third kappa shape index (κ3) is 2.76. The molecular formula is C16H18N2O. The lowest BCUT2D eigenvalue weighted by atomic mass is 10.2. The highest BCUT2D eigenvalue weighted by Gasteiger charge is 2.20. The summed E-state index contributed by atoms with van der Waals surface area (Å²) < 4.78 is 1.74. The third-order valence-electron chi connectivity index (χ3n) is 3.50. The molecule has 1 aliphatic carbocycles. The Balaban J connectivity index is 1.78. The van der Waals surface area contributed by atoms with Crippen molar-refractivity contribution in [2.75, 3.05) is 6.54 Å². The number of aromatic nitrogens is 1. The summed E-state index contributed by atoms with van der Waals surface area (Å²) in [5.41, 5.74) is 1.11. The van der Waals surface area contributed by atoms with Crippen molar-refractivity contribution < 1.29 is 0 Å². The van der Waals surface area contributed by atoms with Gasteiger partial charge in [0.25, 0.3) is 5.56 Å². The van der Waals surface area contributed by atoms with Gasteiger partial charge in [-0.25, -0.2) is 0 Å². The molecule has 2 aromatic rings. The molecule has 0 unspecified atom stereocenters. The molecule has 3 rings (SSSR count). The molecule has 0 radical (unpaired) electrons. The molecule has 1 saturated carbocycles. The summed E-state index contributed by atoms with van der Waals surface area (Å²) in [5, 5.41) is 5.18. The van der Waals surface area contributed by atoms with Gasteiger partial charge >= 0.3 is 0 Å². The second-order valence-corrected chi connectivity index (χ2v) is 5.24. The average Bonchev–Trinajstić information content (AvgIpc) is 3.24. The van der Waals surface area contributed by atoms with Crippen molar-refractivity contribution in [1.82, 2.24) is 9.88 Å². The molecule has 0 aliphatic heterocycles. The maximum Gasteiger partial charge on any atom is 0.258 e. The number of pyridine rings is 1. The molecule has 19 heavy (non-hydrogen) atoms. The van der Waals surface area contributed by atoms with Crippen LogP contribution in [-0.4, -0.2) is 17.2 Å². The van der Waals surface area contributed by atoms with E-state index in [1.54, 1.807) is 4.57 Å². The largest absolute Gasteiger partial charge is 0.311 e. The quantitative estimate of drug-likeness (QED) is 0.831. The van der Waals surface area contributed by atoms with E-state index in [2.05, 4.69) is 11.9 Å². The van der Waals surface area contributed by atoms with Crippen LogP contribution < -0.4 is 10.9 Å². The predicted molar refractivity (Wildman–Crippen MR) is 78.4 cm³/mol. The van der Waals surface area contributed by atoms with Gasteiger partial charge < -0.3 is 9.88 Å². The summed E-state index contributed by atoms with van der Waals surface area (Å²) in [6, 6.07) is 10.3. The fraction of sp³-hybridized carbons (Fsp3) is 0.312. The summed E-state index contributed by atoms with van der Waals surface area (Å²) in [6.07, 6.45) is 4.39. The van der Waals surface area contributed by atoms with E-state index in [0.29, 0.717) is 12.6 Å². The van der Waals surface area contributed by atoms with E-state index >= 15 is 0 Å². The average molecular weight is 254 g/mol. The Morgan fingerprint density at radius 1 is 1.32 bits per heavy atom. The molecule has 0 saturated heterocycles. The number of hydrogen-bond donors (Lipinski definition) is 1. The fourth-order valence-electron chi connectivity index (χ4n) is 2.23. The summed E-state index contributed by atoms with van der Waals surface area (Å²) in [5.74, 6) is 0. The number of nitrogens with one attached hydrogen (secondary N) is 1. The fourth-order valence-corrected chi connectivity index (χ4v) is 2.23. The topological polar surface area (TPSA) is 34.0 Å². The van der Waals surface area contributed by atoms with E-state index in [1.807, 2.05) is 36.5 Å². The molecule has 0 amide bonds. The van der Waals surface area contributed by atoms with Crippen molar-refractivity contribution in [3.05, 3.63) is 59.0 Å². The Bertz CT molecular complexity index is 668. The molecule has 1 fully saturated rings. The molecule has 3 nitrogen and oxygen atoms in total. The molecule has 0 atom stereocenters. The smallest absolute Gasteiger partial charge is 0.258 e. The number of benzene rings is 1. The first-order valence-corrected chi connectivity index (χ1v) is 6.72. The number of nitrogens with zero attached hydrogens (tertiary/aromatic N) is 1. The molecule has 1 aromatic carbocycles. The van der Waals surface area contributed by atoms with Crippen LogP contribution in [0.3, 0.4) is 0 Å². The minimum Gasteiger partial charge on any atom is -0.311 e. The van der Waals surface area contributed by atoms with E-state index in [9.17, 15) is 4.79 Å². The molecule has 1 heterocycles. The van der Waals surface area contributed by atoms with Crippen molar-refractivity contribution in [1.29, 1.82) is 0 Å². The molecule has 1 aromatic heterocycles. The van der Waals surface area contributed by atoms with Crippen LogP contribution in [0, 0.1) is 0 Å². The van der Waals surface area contributed by atoms with E-state index in [0.717, 1.165) is 22.9 Å². The highest BCUT2D eigenvalue weighted by atomic mass is 16.1. The van der Waals surface area contributed by atoms with Crippen LogP contribution in [0.15, 0.2) is 53.5 Å². The van der Waals surface area contributed by atoms with Gasteiger partial charge in [-0.15, -0.1) is 0 Å². The van der Waals surface area contributed by atoms with Crippen molar-refractivity contribution in [2.45, 2.75) is 25.4 Å². The van der Waals surface area contributed by atoms with Crippen LogP contribution in [0.2, 0.25) is 0 Å². The van der Waals surface area contributed by atoms with Crippen molar-refractivity contribution in [3.63, 3.8) is 0 Å². The van der Waals surface area contributed by atoms with Crippen LogP contribution in [0.5, 0.6) is 0 Å². The zero-order valence-electron chi connectivity index (χ0n) is 10.9. The van der Waals surface area contributed by atoms with Gasteiger partial charge in [-0.3, -0.25) is 4.79 Å². The number of rotatable bonds is 5. The lowest BCUT2D eigenvalue weighted by Crippen LogP contribution is -2.25. The monoisotopic (exact) mass is 254 g/mol. The Morgan fingerprint density at radius 2 is 2.11 bits per heavy atom. The number of hydrogen-bond acceptors (Lipinski definition) is 2. The first-order valence-electron chi connectivity index (χ1n) is 6.72. The maximum absolute atomic E-state index is 12.3. The van der Waals surface area contributed by atoms with Crippen LogP contribution >= 0.6 is 0 Å². The summed E-state index contributed by atoms with van der Waals surface area (Å²) in [6.45, 7) is 5.43. The molecule has 3 heteroatoms. The minimum atomic E-state index is 0.0608. The molecular weight excluding hydrogens is 236 g/mol.